The van der Waals surface area contributed by atoms with Crippen molar-refractivity contribution in [3.05, 3.63) is 28.6 Å². The van der Waals surface area contributed by atoms with Crippen molar-refractivity contribution in [1.29, 1.82) is 0 Å². The summed E-state index contributed by atoms with van der Waals surface area (Å²) in [7, 11) is 0.701. The van der Waals surface area contributed by atoms with E-state index in [0.717, 1.165) is 20.8 Å². The van der Waals surface area contributed by atoms with Crippen molar-refractivity contribution in [3.63, 3.8) is 0 Å². The van der Waals surface area contributed by atoms with Crippen molar-refractivity contribution in [2.24, 2.45) is 4.99 Å². The Morgan fingerprint density at radius 1 is 1.30 bits per heavy atom. The summed E-state index contributed by atoms with van der Waals surface area (Å²) in [6.45, 7) is 0.488. The molecule has 27 heavy (non-hydrogen) atoms. The lowest BCUT2D eigenvalue weighted by Gasteiger charge is -2.10. The molecule has 0 fully saturated rings. The maximum absolute atomic E-state index is 12.2. The van der Waals surface area contributed by atoms with Crippen molar-refractivity contribution >= 4 is 43.5 Å². The van der Waals surface area contributed by atoms with E-state index in [1.54, 1.807) is 29.9 Å². The van der Waals surface area contributed by atoms with Crippen LogP contribution in [0.5, 0.6) is 0 Å². The van der Waals surface area contributed by atoms with Crippen LogP contribution < -0.4 is 4.80 Å². The third-order valence-electron chi connectivity index (χ3n) is 3.77. The highest BCUT2D eigenvalue weighted by Crippen LogP contribution is 2.20. The molecule has 0 aliphatic carbocycles. The van der Waals surface area contributed by atoms with Gasteiger partial charge in [-0.15, -0.1) is 0 Å². The number of ether oxygens (including phenoxy) is 2. The van der Waals surface area contributed by atoms with E-state index in [4.69, 9.17) is 9.47 Å². The Bertz CT molecular complexity index is 1020. The largest absolute Gasteiger partial charge is 0.465 e. The standard InChI is InChI=1S/C16H21N3O6S2/c1-18(27(4,22)23)10-14(20)17-16-19(7-8-24-2)12-6-5-11(15(21)25-3)9-13(12)26-16/h5-6,9H,7-8,10H2,1-4H3. The van der Waals surface area contributed by atoms with Crippen molar-refractivity contribution < 1.29 is 27.5 Å². The molecule has 0 unspecified atom stereocenters. The van der Waals surface area contributed by atoms with Crippen LogP contribution >= 0.6 is 11.3 Å². The summed E-state index contributed by atoms with van der Waals surface area (Å²) in [6.07, 6.45) is 1.02. The number of amides is 1. The molecule has 1 aromatic carbocycles. The number of carbonyl (C=O) groups excluding carboxylic acids is 2. The Morgan fingerprint density at radius 3 is 2.59 bits per heavy atom. The van der Waals surface area contributed by atoms with Gasteiger partial charge in [0.2, 0.25) is 10.0 Å². The van der Waals surface area contributed by atoms with Crippen LogP contribution in [0, 0.1) is 0 Å². The molecule has 0 bridgehead atoms. The predicted molar refractivity (Wildman–Crippen MR) is 101 cm³/mol. The molecule has 0 spiro atoms. The molecule has 2 aromatic rings. The fourth-order valence-electron chi connectivity index (χ4n) is 2.25. The number of carbonyl (C=O) groups is 2. The molecular formula is C16H21N3O6S2. The molecule has 0 radical (unpaired) electrons. The molecule has 11 heteroatoms. The molecule has 9 nitrogen and oxygen atoms in total. The lowest BCUT2D eigenvalue weighted by Crippen LogP contribution is -2.31. The second-order valence-electron chi connectivity index (χ2n) is 5.73. The highest BCUT2D eigenvalue weighted by atomic mass is 32.2. The smallest absolute Gasteiger partial charge is 0.337 e. The number of likely N-dealkylation sites (N-methyl/N-ethyl adjacent to an activating group) is 1. The Balaban J connectivity index is 2.49. The molecule has 1 heterocycles. The Kier molecular flexibility index (Phi) is 6.87. The van der Waals surface area contributed by atoms with Gasteiger partial charge in [-0.05, 0) is 18.2 Å². The van der Waals surface area contributed by atoms with Gasteiger partial charge in [0, 0.05) is 20.7 Å². The number of benzene rings is 1. The second-order valence-corrected chi connectivity index (χ2v) is 8.83. The number of rotatable bonds is 7. The Morgan fingerprint density at radius 2 is 2.00 bits per heavy atom. The zero-order chi connectivity index (χ0) is 20.2. The monoisotopic (exact) mass is 415 g/mol. The molecule has 0 aliphatic rings. The highest BCUT2D eigenvalue weighted by Gasteiger charge is 2.16. The number of fused-ring (bicyclic) bond motifs is 1. The van der Waals surface area contributed by atoms with Gasteiger partial charge in [-0.3, -0.25) is 4.79 Å². The number of hydrogen-bond acceptors (Lipinski definition) is 7. The number of methoxy groups -OCH3 is 2. The van der Waals surface area contributed by atoms with E-state index in [2.05, 4.69) is 4.99 Å². The van der Waals surface area contributed by atoms with Gasteiger partial charge in [0.15, 0.2) is 4.80 Å². The number of aromatic nitrogens is 1. The lowest BCUT2D eigenvalue weighted by molar-refractivity contribution is -0.118. The average molecular weight is 415 g/mol. The molecule has 0 atom stereocenters. The first-order valence-electron chi connectivity index (χ1n) is 7.87. The van der Waals surface area contributed by atoms with Crippen molar-refractivity contribution in [2.45, 2.75) is 6.54 Å². The number of nitrogens with zero attached hydrogens (tertiary/aromatic N) is 3. The minimum Gasteiger partial charge on any atom is -0.465 e. The highest BCUT2D eigenvalue weighted by molar-refractivity contribution is 7.88. The second kappa shape index (κ2) is 8.74. The van der Waals surface area contributed by atoms with E-state index >= 15 is 0 Å². The quantitative estimate of drug-likeness (QED) is 0.608. The number of thiazole rings is 1. The molecule has 0 saturated heterocycles. The van der Waals surface area contributed by atoms with Crippen LogP contribution in [0.3, 0.4) is 0 Å². The van der Waals surface area contributed by atoms with Crippen molar-refractivity contribution in [1.82, 2.24) is 8.87 Å². The molecular weight excluding hydrogens is 394 g/mol. The maximum Gasteiger partial charge on any atom is 0.337 e. The van der Waals surface area contributed by atoms with E-state index in [1.165, 1.54) is 25.5 Å². The van der Waals surface area contributed by atoms with Crippen molar-refractivity contribution in [2.75, 3.05) is 40.7 Å². The van der Waals surface area contributed by atoms with Gasteiger partial charge in [-0.1, -0.05) is 11.3 Å². The molecule has 2 rings (SSSR count). The summed E-state index contributed by atoms with van der Waals surface area (Å²) in [5.74, 6) is -1.05. The van der Waals surface area contributed by atoms with Crippen LogP contribution in [0.15, 0.2) is 23.2 Å². The van der Waals surface area contributed by atoms with Gasteiger partial charge >= 0.3 is 5.97 Å². The van der Waals surface area contributed by atoms with Gasteiger partial charge < -0.3 is 14.0 Å². The lowest BCUT2D eigenvalue weighted by atomic mass is 10.2. The normalized spacial score (nSPS) is 12.7. The van der Waals surface area contributed by atoms with E-state index in [-0.39, 0.29) is 6.54 Å². The molecule has 0 N–H and O–H groups in total. The van der Waals surface area contributed by atoms with Crippen LogP contribution in [-0.2, 0) is 30.8 Å². The van der Waals surface area contributed by atoms with Crippen LogP contribution in [-0.4, -0.2) is 69.8 Å². The molecule has 148 valence electrons. The zero-order valence-electron chi connectivity index (χ0n) is 15.5. The third kappa shape index (κ3) is 5.22. The topological polar surface area (TPSA) is 107 Å². The summed E-state index contributed by atoms with van der Waals surface area (Å²) in [5.41, 5.74) is 1.17. The Labute approximate surface area is 160 Å². The number of hydrogen-bond donors (Lipinski definition) is 0. The molecule has 0 saturated carbocycles. The van der Waals surface area contributed by atoms with Crippen LogP contribution in [0.1, 0.15) is 10.4 Å². The summed E-state index contributed by atoms with van der Waals surface area (Å²) < 4.78 is 36.2. The summed E-state index contributed by atoms with van der Waals surface area (Å²) >= 11 is 1.22. The maximum atomic E-state index is 12.2. The van der Waals surface area contributed by atoms with E-state index in [9.17, 15) is 18.0 Å². The SMILES string of the molecule is COCCn1c(=NC(=O)CN(C)S(C)(=O)=O)sc2cc(C(=O)OC)ccc21. The van der Waals surface area contributed by atoms with E-state index in [1.807, 2.05) is 0 Å². The van der Waals surface area contributed by atoms with E-state index in [0.29, 0.717) is 23.5 Å². The van der Waals surface area contributed by atoms with Gasteiger partial charge in [-0.25, -0.2) is 13.2 Å². The van der Waals surface area contributed by atoms with Crippen LogP contribution in [0.25, 0.3) is 10.2 Å². The van der Waals surface area contributed by atoms with E-state index < -0.39 is 21.9 Å². The zero-order valence-corrected chi connectivity index (χ0v) is 17.1. The summed E-state index contributed by atoms with van der Waals surface area (Å²) in [5, 5.41) is 0. The summed E-state index contributed by atoms with van der Waals surface area (Å²) in [6, 6.07) is 5.05. The third-order valence-corrected chi connectivity index (χ3v) is 6.07. The number of esters is 1. The fraction of sp³-hybridized carbons (Fsp3) is 0.438. The first-order chi connectivity index (χ1) is 12.7. The van der Waals surface area contributed by atoms with Gasteiger partial charge in [0.25, 0.3) is 5.91 Å². The predicted octanol–water partition coefficient (Wildman–Crippen LogP) is 0.455. The minimum absolute atomic E-state index is 0.356. The minimum atomic E-state index is -3.48. The van der Waals surface area contributed by atoms with Gasteiger partial charge in [0.1, 0.15) is 0 Å². The first-order valence-corrected chi connectivity index (χ1v) is 10.5. The average Bonchev–Trinajstić information content (AvgIpc) is 2.94. The van der Waals surface area contributed by atoms with Gasteiger partial charge in [-0.2, -0.15) is 9.30 Å². The molecule has 1 amide bonds. The summed E-state index contributed by atoms with van der Waals surface area (Å²) in [4.78, 5) is 28.4. The van der Waals surface area contributed by atoms with Gasteiger partial charge in [0.05, 0.1) is 42.3 Å². The molecule has 0 aliphatic heterocycles. The number of sulfonamides is 1. The fourth-order valence-corrected chi connectivity index (χ4v) is 3.71. The van der Waals surface area contributed by atoms with Crippen LogP contribution in [0.4, 0.5) is 0 Å². The molecule has 1 aromatic heterocycles. The first kappa shape index (κ1) is 21.2. The Hall–Kier alpha value is -2.08. The van der Waals surface area contributed by atoms with Crippen LogP contribution in [0.2, 0.25) is 0 Å². The van der Waals surface area contributed by atoms with Crippen molar-refractivity contribution in [3.8, 4) is 0 Å².